The van der Waals surface area contributed by atoms with Crippen molar-refractivity contribution in [1.29, 1.82) is 0 Å². The Morgan fingerprint density at radius 3 is 2.29 bits per heavy atom. The molecule has 1 saturated heterocycles. The molecule has 1 N–H and O–H groups in total. The number of carbonyl (C=O) groups excluding carboxylic acids is 1. The zero-order chi connectivity index (χ0) is 23.5. The first kappa shape index (κ1) is 22.3. The van der Waals surface area contributed by atoms with Crippen LogP contribution in [0.3, 0.4) is 0 Å². The smallest absolute Gasteiger partial charge is 0.255 e. The van der Waals surface area contributed by atoms with E-state index in [4.69, 9.17) is 4.74 Å². The van der Waals surface area contributed by atoms with E-state index < -0.39 is 0 Å². The van der Waals surface area contributed by atoms with Gasteiger partial charge in [-0.2, -0.15) is 0 Å². The molecular formula is C28H32N4O2. The minimum atomic E-state index is -0.213. The van der Waals surface area contributed by atoms with Crippen molar-refractivity contribution in [3.8, 4) is 5.75 Å². The van der Waals surface area contributed by atoms with E-state index >= 15 is 0 Å². The molecule has 34 heavy (non-hydrogen) atoms. The number of benzene rings is 3. The second-order valence-corrected chi connectivity index (χ2v) is 9.05. The highest BCUT2D eigenvalue weighted by atomic mass is 16.5. The Balaban J connectivity index is 1.37. The predicted octanol–water partition coefficient (Wildman–Crippen LogP) is 4.15. The molecule has 0 radical (unpaired) electrons. The van der Waals surface area contributed by atoms with Crippen LogP contribution in [0.5, 0.6) is 5.75 Å². The van der Waals surface area contributed by atoms with Crippen LogP contribution >= 0.6 is 0 Å². The van der Waals surface area contributed by atoms with E-state index in [-0.39, 0.29) is 18.1 Å². The van der Waals surface area contributed by atoms with Crippen molar-refractivity contribution in [3.63, 3.8) is 0 Å². The molecule has 1 amide bonds. The fraction of sp³-hybridized carbons (Fsp3) is 0.321. The molecule has 0 saturated carbocycles. The lowest BCUT2D eigenvalue weighted by Gasteiger charge is -2.45. The van der Waals surface area contributed by atoms with Crippen LogP contribution in [0.25, 0.3) is 0 Å². The molecule has 3 aromatic carbocycles. The average molecular weight is 457 g/mol. The topological polar surface area (TPSA) is 48.1 Å². The number of methoxy groups -OCH3 is 1. The van der Waals surface area contributed by atoms with Crippen molar-refractivity contribution in [2.24, 2.45) is 0 Å². The summed E-state index contributed by atoms with van der Waals surface area (Å²) < 4.78 is 5.39. The number of para-hydroxylation sites is 1. The van der Waals surface area contributed by atoms with Gasteiger partial charge in [0.05, 0.1) is 18.4 Å². The molecule has 0 bridgehead atoms. The van der Waals surface area contributed by atoms with E-state index in [2.05, 4.69) is 69.4 Å². The van der Waals surface area contributed by atoms with Gasteiger partial charge in [-0.25, -0.2) is 0 Å². The lowest BCUT2D eigenvalue weighted by atomic mass is 10.0. The van der Waals surface area contributed by atoms with E-state index in [1.807, 2.05) is 36.4 Å². The van der Waals surface area contributed by atoms with Gasteiger partial charge in [-0.15, -0.1) is 0 Å². The normalized spacial score (nSPS) is 19.4. The van der Waals surface area contributed by atoms with Gasteiger partial charge in [0.1, 0.15) is 11.9 Å². The number of ether oxygens (including phenoxy) is 1. The Labute approximate surface area is 201 Å². The van der Waals surface area contributed by atoms with Crippen LogP contribution in [0.1, 0.15) is 29.0 Å². The molecule has 0 aliphatic carbocycles. The number of hydrogen-bond donors (Lipinski definition) is 1. The van der Waals surface area contributed by atoms with Crippen molar-refractivity contribution in [2.45, 2.75) is 19.1 Å². The molecule has 6 nitrogen and oxygen atoms in total. The van der Waals surface area contributed by atoms with Gasteiger partial charge in [0.15, 0.2) is 0 Å². The van der Waals surface area contributed by atoms with Gasteiger partial charge in [-0.05, 0) is 42.8 Å². The summed E-state index contributed by atoms with van der Waals surface area (Å²) in [4.78, 5) is 20.4. The summed E-state index contributed by atoms with van der Waals surface area (Å²) in [6.45, 7) is 7.25. The quantitative estimate of drug-likeness (QED) is 0.604. The summed E-state index contributed by atoms with van der Waals surface area (Å²) >= 11 is 0. The van der Waals surface area contributed by atoms with Crippen LogP contribution in [0.15, 0.2) is 78.9 Å². The van der Waals surface area contributed by atoms with Crippen LogP contribution in [-0.2, 0) is 0 Å². The van der Waals surface area contributed by atoms with Gasteiger partial charge in [-0.1, -0.05) is 48.5 Å². The van der Waals surface area contributed by atoms with Gasteiger partial charge in [-0.3, -0.25) is 9.69 Å². The second-order valence-electron chi connectivity index (χ2n) is 9.05. The highest BCUT2D eigenvalue weighted by molar-refractivity contribution is 6.02. The van der Waals surface area contributed by atoms with E-state index in [1.165, 1.54) is 5.69 Å². The SMILES string of the molecule is COc1ccc2c(c1)C(=O)NC(c1ccccc1)N2C(C)CN1CCN(c2ccccc2)CC1. The van der Waals surface area contributed by atoms with Gasteiger partial charge >= 0.3 is 0 Å². The molecule has 2 aliphatic heterocycles. The van der Waals surface area contributed by atoms with Gasteiger partial charge < -0.3 is 19.9 Å². The molecule has 1 fully saturated rings. The zero-order valence-corrected chi connectivity index (χ0v) is 19.9. The zero-order valence-electron chi connectivity index (χ0n) is 19.9. The largest absolute Gasteiger partial charge is 0.497 e. The number of anilines is 2. The first-order chi connectivity index (χ1) is 16.6. The number of carbonyl (C=O) groups is 1. The van der Waals surface area contributed by atoms with E-state index in [0.29, 0.717) is 11.3 Å². The summed E-state index contributed by atoms with van der Waals surface area (Å²) in [5.41, 5.74) is 3.99. The molecule has 6 heteroatoms. The Bertz CT molecular complexity index is 1110. The van der Waals surface area contributed by atoms with Crippen LogP contribution < -0.4 is 19.9 Å². The van der Waals surface area contributed by atoms with Crippen LogP contribution in [0.4, 0.5) is 11.4 Å². The Morgan fingerprint density at radius 1 is 0.941 bits per heavy atom. The van der Waals surface area contributed by atoms with Gasteiger partial charge in [0, 0.05) is 44.5 Å². The molecule has 2 aliphatic rings. The number of nitrogens with zero attached hydrogens (tertiary/aromatic N) is 3. The summed E-state index contributed by atoms with van der Waals surface area (Å²) in [5.74, 6) is 0.624. The lowest BCUT2D eigenvalue weighted by molar-refractivity contribution is 0.0921. The first-order valence-corrected chi connectivity index (χ1v) is 12.0. The molecule has 3 aromatic rings. The maximum absolute atomic E-state index is 13.1. The molecular weight excluding hydrogens is 424 g/mol. The van der Waals surface area contributed by atoms with Gasteiger partial charge in [0.2, 0.25) is 0 Å². The van der Waals surface area contributed by atoms with E-state index in [9.17, 15) is 4.79 Å². The fourth-order valence-corrected chi connectivity index (χ4v) is 5.12. The molecule has 5 rings (SSSR count). The molecule has 2 heterocycles. The molecule has 0 aromatic heterocycles. The van der Waals surface area contributed by atoms with Crippen molar-refractivity contribution in [2.75, 3.05) is 49.6 Å². The molecule has 176 valence electrons. The monoisotopic (exact) mass is 456 g/mol. The number of fused-ring (bicyclic) bond motifs is 1. The number of hydrogen-bond acceptors (Lipinski definition) is 5. The minimum Gasteiger partial charge on any atom is -0.497 e. The molecule has 2 atom stereocenters. The minimum absolute atomic E-state index is 0.0670. The maximum Gasteiger partial charge on any atom is 0.255 e. The second kappa shape index (κ2) is 9.77. The lowest BCUT2D eigenvalue weighted by Crippen LogP contribution is -2.55. The van der Waals surface area contributed by atoms with E-state index in [1.54, 1.807) is 7.11 Å². The highest BCUT2D eigenvalue weighted by Crippen LogP contribution is 2.37. The van der Waals surface area contributed by atoms with E-state index in [0.717, 1.165) is 44.0 Å². The number of rotatable bonds is 6. The summed E-state index contributed by atoms with van der Waals surface area (Å²) in [6, 6.07) is 26.9. The Kier molecular flexibility index (Phi) is 6.41. The number of amides is 1. The summed E-state index contributed by atoms with van der Waals surface area (Å²) in [7, 11) is 1.63. The van der Waals surface area contributed by atoms with Crippen molar-refractivity contribution >= 4 is 17.3 Å². The number of nitrogens with one attached hydrogen (secondary N) is 1. The number of piperazine rings is 1. The Morgan fingerprint density at radius 2 is 1.62 bits per heavy atom. The van der Waals surface area contributed by atoms with Crippen LogP contribution in [-0.4, -0.2) is 56.7 Å². The fourth-order valence-electron chi connectivity index (χ4n) is 5.12. The van der Waals surface area contributed by atoms with Crippen molar-refractivity contribution in [1.82, 2.24) is 10.2 Å². The average Bonchev–Trinajstić information content (AvgIpc) is 2.89. The van der Waals surface area contributed by atoms with Crippen molar-refractivity contribution < 1.29 is 9.53 Å². The van der Waals surface area contributed by atoms with Crippen LogP contribution in [0, 0.1) is 0 Å². The third-order valence-corrected chi connectivity index (χ3v) is 6.88. The predicted molar refractivity (Wildman–Crippen MR) is 137 cm³/mol. The molecule has 0 spiro atoms. The van der Waals surface area contributed by atoms with Gasteiger partial charge in [0.25, 0.3) is 5.91 Å². The van der Waals surface area contributed by atoms with Crippen LogP contribution in [0.2, 0.25) is 0 Å². The highest BCUT2D eigenvalue weighted by Gasteiger charge is 2.35. The standard InChI is InChI=1S/C28H32N4O2/c1-21(20-30-15-17-31(18-16-30)23-11-7-4-8-12-23)32-26-14-13-24(34-2)19-25(26)28(33)29-27(32)22-9-5-3-6-10-22/h3-14,19,21,27H,15-18,20H2,1-2H3,(H,29,33). The first-order valence-electron chi connectivity index (χ1n) is 12.0. The maximum atomic E-state index is 13.1. The third-order valence-electron chi connectivity index (χ3n) is 6.88. The summed E-state index contributed by atoms with van der Waals surface area (Å²) in [5, 5.41) is 3.24. The molecule has 2 unspecified atom stereocenters. The Hall–Kier alpha value is -3.51. The summed E-state index contributed by atoms with van der Waals surface area (Å²) in [6.07, 6.45) is -0.213. The third kappa shape index (κ3) is 4.46. The van der Waals surface area contributed by atoms with Crippen molar-refractivity contribution in [3.05, 3.63) is 90.0 Å².